The number of hydrogen-bond donors (Lipinski definition) is 1. The van der Waals surface area contributed by atoms with E-state index in [4.69, 9.17) is 0 Å². The van der Waals surface area contributed by atoms with Crippen LogP contribution in [0, 0.1) is 0 Å². The quantitative estimate of drug-likeness (QED) is 0.641. The second kappa shape index (κ2) is 8.92. The van der Waals surface area contributed by atoms with E-state index in [-0.39, 0.29) is 16.7 Å². The minimum absolute atomic E-state index is 0.137. The van der Waals surface area contributed by atoms with Crippen molar-refractivity contribution in [3.8, 4) is 0 Å². The number of sulfonamides is 1. The summed E-state index contributed by atoms with van der Waals surface area (Å²) in [5.74, 6) is -0.170. The first-order valence-corrected chi connectivity index (χ1v) is 10.8. The van der Waals surface area contributed by atoms with Crippen LogP contribution in [0.1, 0.15) is 28.8 Å². The van der Waals surface area contributed by atoms with Crippen molar-refractivity contribution in [1.82, 2.24) is 5.32 Å². The molecule has 1 N–H and O–H groups in total. The molecule has 3 rings (SSSR count). The molecule has 1 unspecified atom stereocenters. The maximum atomic E-state index is 13.0. The van der Waals surface area contributed by atoms with Gasteiger partial charge in [0.1, 0.15) is 0 Å². The van der Waals surface area contributed by atoms with Gasteiger partial charge in [0.15, 0.2) is 0 Å². The van der Waals surface area contributed by atoms with Gasteiger partial charge in [0.25, 0.3) is 15.9 Å². The molecule has 0 bridgehead atoms. The zero-order chi connectivity index (χ0) is 20.9. The monoisotopic (exact) mass is 408 g/mol. The van der Waals surface area contributed by atoms with E-state index in [1.807, 2.05) is 37.3 Å². The number of para-hydroxylation sites is 1. The van der Waals surface area contributed by atoms with Crippen LogP contribution in [-0.4, -0.2) is 27.9 Å². The van der Waals surface area contributed by atoms with E-state index in [1.165, 1.54) is 19.2 Å². The van der Waals surface area contributed by atoms with Gasteiger partial charge in [0.05, 0.1) is 16.1 Å². The topological polar surface area (TPSA) is 66.5 Å². The summed E-state index contributed by atoms with van der Waals surface area (Å²) in [5, 5.41) is 2.92. The molecule has 0 spiro atoms. The number of carbonyl (C=O) groups is 1. The lowest BCUT2D eigenvalue weighted by atomic mass is 10.0. The van der Waals surface area contributed by atoms with Gasteiger partial charge < -0.3 is 5.32 Å². The molecule has 0 saturated heterocycles. The summed E-state index contributed by atoms with van der Waals surface area (Å²) in [7, 11) is -2.31. The Labute approximate surface area is 172 Å². The van der Waals surface area contributed by atoms with Crippen molar-refractivity contribution >= 4 is 21.6 Å². The van der Waals surface area contributed by atoms with Crippen LogP contribution in [-0.2, 0) is 10.0 Å². The van der Waals surface area contributed by atoms with Gasteiger partial charge >= 0.3 is 0 Å². The molecule has 29 heavy (non-hydrogen) atoms. The molecule has 0 heterocycles. The third kappa shape index (κ3) is 4.66. The Morgan fingerprint density at radius 1 is 0.897 bits per heavy atom. The lowest BCUT2D eigenvalue weighted by Gasteiger charge is -2.22. The van der Waals surface area contributed by atoms with Crippen LogP contribution in [0.5, 0.6) is 0 Å². The van der Waals surface area contributed by atoms with E-state index in [1.54, 1.807) is 42.5 Å². The first kappa shape index (κ1) is 20.6. The standard InChI is InChI=1S/C23H24N2O3S/c1-18(19-11-5-3-6-12-19)17-24-23(26)21-15-9-10-16-22(21)25(2)29(27,28)20-13-7-4-8-14-20/h3-16,18H,17H2,1-2H3,(H,24,26). The Balaban J connectivity index is 1.80. The smallest absolute Gasteiger partial charge is 0.264 e. The summed E-state index contributed by atoms with van der Waals surface area (Å²) in [5.41, 5.74) is 1.78. The average molecular weight is 409 g/mol. The van der Waals surface area contributed by atoms with Gasteiger partial charge in [-0.2, -0.15) is 0 Å². The number of nitrogens with one attached hydrogen (secondary N) is 1. The van der Waals surface area contributed by atoms with Crippen molar-refractivity contribution < 1.29 is 13.2 Å². The number of hydrogen-bond acceptors (Lipinski definition) is 3. The number of amides is 1. The molecule has 3 aromatic rings. The second-order valence-corrected chi connectivity index (χ2v) is 8.79. The van der Waals surface area contributed by atoms with Gasteiger partial charge in [-0.25, -0.2) is 8.42 Å². The zero-order valence-corrected chi connectivity index (χ0v) is 17.3. The predicted octanol–water partition coefficient (Wildman–Crippen LogP) is 4.05. The number of carbonyl (C=O) groups excluding carboxylic acids is 1. The highest BCUT2D eigenvalue weighted by molar-refractivity contribution is 7.92. The van der Waals surface area contributed by atoms with Crippen molar-refractivity contribution in [1.29, 1.82) is 0 Å². The Morgan fingerprint density at radius 2 is 1.45 bits per heavy atom. The summed E-state index contributed by atoms with van der Waals surface area (Å²) in [4.78, 5) is 13.0. The molecular formula is C23H24N2O3S. The van der Waals surface area contributed by atoms with Crippen LogP contribution < -0.4 is 9.62 Å². The second-order valence-electron chi connectivity index (χ2n) is 6.82. The molecule has 0 aliphatic rings. The van der Waals surface area contributed by atoms with E-state index >= 15 is 0 Å². The molecular weight excluding hydrogens is 384 g/mol. The summed E-state index contributed by atoms with van der Waals surface area (Å²) >= 11 is 0. The fraction of sp³-hybridized carbons (Fsp3) is 0.174. The normalized spacial score (nSPS) is 12.2. The molecule has 0 fully saturated rings. The molecule has 0 aliphatic heterocycles. The molecule has 0 aromatic heterocycles. The summed E-state index contributed by atoms with van der Waals surface area (Å²) in [6, 6.07) is 24.8. The molecule has 0 aliphatic carbocycles. The van der Waals surface area contributed by atoms with Crippen molar-refractivity contribution in [3.63, 3.8) is 0 Å². The van der Waals surface area contributed by atoms with E-state index in [0.717, 1.165) is 9.87 Å². The largest absolute Gasteiger partial charge is 0.351 e. The first-order chi connectivity index (χ1) is 13.9. The van der Waals surface area contributed by atoms with Crippen molar-refractivity contribution in [2.75, 3.05) is 17.9 Å². The molecule has 3 aromatic carbocycles. The molecule has 5 nitrogen and oxygen atoms in total. The predicted molar refractivity (Wildman–Crippen MR) is 116 cm³/mol. The van der Waals surface area contributed by atoms with Crippen LogP contribution in [0.4, 0.5) is 5.69 Å². The van der Waals surface area contributed by atoms with E-state index in [2.05, 4.69) is 5.32 Å². The van der Waals surface area contributed by atoms with Gasteiger partial charge in [-0.15, -0.1) is 0 Å². The Kier molecular flexibility index (Phi) is 6.34. The van der Waals surface area contributed by atoms with Gasteiger partial charge in [0, 0.05) is 13.6 Å². The van der Waals surface area contributed by atoms with Crippen LogP contribution in [0.15, 0.2) is 89.8 Å². The van der Waals surface area contributed by atoms with E-state index in [0.29, 0.717) is 17.8 Å². The van der Waals surface area contributed by atoms with Crippen LogP contribution >= 0.6 is 0 Å². The molecule has 150 valence electrons. The SMILES string of the molecule is CC(CNC(=O)c1ccccc1N(C)S(=O)(=O)c1ccccc1)c1ccccc1. The maximum absolute atomic E-state index is 13.0. The molecule has 0 radical (unpaired) electrons. The number of nitrogens with zero attached hydrogens (tertiary/aromatic N) is 1. The van der Waals surface area contributed by atoms with Crippen molar-refractivity contribution in [3.05, 3.63) is 96.1 Å². The third-order valence-corrected chi connectivity index (χ3v) is 6.61. The Hall–Kier alpha value is -3.12. The fourth-order valence-electron chi connectivity index (χ4n) is 3.06. The Bertz CT molecular complexity index is 1070. The minimum Gasteiger partial charge on any atom is -0.351 e. The van der Waals surface area contributed by atoms with Crippen LogP contribution in [0.2, 0.25) is 0 Å². The van der Waals surface area contributed by atoms with Crippen LogP contribution in [0.3, 0.4) is 0 Å². The zero-order valence-electron chi connectivity index (χ0n) is 16.4. The lowest BCUT2D eigenvalue weighted by molar-refractivity contribution is 0.0952. The Morgan fingerprint density at radius 3 is 2.10 bits per heavy atom. The number of anilines is 1. The summed E-state index contributed by atoms with van der Waals surface area (Å²) in [6.45, 7) is 2.49. The number of rotatable bonds is 7. The highest BCUT2D eigenvalue weighted by atomic mass is 32.2. The van der Waals surface area contributed by atoms with Gasteiger partial charge in [-0.1, -0.05) is 67.6 Å². The molecule has 1 atom stereocenters. The fourth-order valence-corrected chi connectivity index (χ4v) is 4.30. The van der Waals surface area contributed by atoms with Gasteiger partial charge in [0.2, 0.25) is 0 Å². The molecule has 0 saturated carbocycles. The van der Waals surface area contributed by atoms with Crippen LogP contribution in [0.25, 0.3) is 0 Å². The molecule has 6 heteroatoms. The number of benzene rings is 3. The highest BCUT2D eigenvalue weighted by Gasteiger charge is 2.24. The van der Waals surface area contributed by atoms with Gasteiger partial charge in [-0.3, -0.25) is 9.10 Å². The molecule has 1 amide bonds. The highest BCUT2D eigenvalue weighted by Crippen LogP contribution is 2.25. The first-order valence-electron chi connectivity index (χ1n) is 9.37. The lowest BCUT2D eigenvalue weighted by Crippen LogP contribution is -2.32. The summed E-state index contributed by atoms with van der Waals surface area (Å²) in [6.07, 6.45) is 0. The summed E-state index contributed by atoms with van der Waals surface area (Å²) < 4.78 is 27.1. The van der Waals surface area contributed by atoms with E-state index < -0.39 is 10.0 Å². The maximum Gasteiger partial charge on any atom is 0.264 e. The van der Waals surface area contributed by atoms with Crippen molar-refractivity contribution in [2.24, 2.45) is 0 Å². The van der Waals surface area contributed by atoms with Crippen molar-refractivity contribution in [2.45, 2.75) is 17.7 Å². The minimum atomic E-state index is -3.77. The van der Waals surface area contributed by atoms with E-state index in [9.17, 15) is 13.2 Å². The van der Waals surface area contributed by atoms with Gasteiger partial charge in [-0.05, 0) is 35.7 Å². The third-order valence-electron chi connectivity index (χ3n) is 4.83. The average Bonchev–Trinajstić information content (AvgIpc) is 2.77.